The maximum atomic E-state index is 12.0. The third-order valence-electron chi connectivity index (χ3n) is 3.42. The molecule has 0 aliphatic carbocycles. The highest BCUT2D eigenvalue weighted by Crippen LogP contribution is 2.25. The van der Waals surface area contributed by atoms with Crippen LogP contribution in [-0.2, 0) is 14.8 Å². The number of rotatable bonds is 9. The summed E-state index contributed by atoms with van der Waals surface area (Å²) >= 11 is 0. The van der Waals surface area contributed by atoms with Crippen LogP contribution in [0.25, 0.3) is 0 Å². The molecule has 0 spiro atoms. The van der Waals surface area contributed by atoms with Gasteiger partial charge in [0.25, 0.3) is 5.91 Å². The fourth-order valence-electron chi connectivity index (χ4n) is 2.12. The van der Waals surface area contributed by atoms with E-state index in [0.29, 0.717) is 30.2 Å². The van der Waals surface area contributed by atoms with Crippen molar-refractivity contribution in [2.75, 3.05) is 25.6 Å². The first-order valence-corrected chi connectivity index (χ1v) is 9.60. The average Bonchev–Trinajstić information content (AvgIpc) is 2.65. The Morgan fingerprint density at radius 3 is 2.31 bits per heavy atom. The highest BCUT2D eigenvalue weighted by molar-refractivity contribution is 7.89. The molecule has 0 heterocycles. The molecule has 140 valence electrons. The van der Waals surface area contributed by atoms with Gasteiger partial charge in [-0.3, -0.25) is 4.79 Å². The minimum atomic E-state index is -3.52. The molecule has 0 fully saturated rings. The van der Waals surface area contributed by atoms with Gasteiger partial charge in [0.2, 0.25) is 10.0 Å². The molecule has 0 unspecified atom stereocenters. The highest BCUT2D eigenvalue weighted by atomic mass is 32.2. The van der Waals surface area contributed by atoms with Gasteiger partial charge in [-0.15, -0.1) is 0 Å². The Bertz CT molecular complexity index is 835. The normalized spacial score (nSPS) is 11.0. The molecule has 0 aromatic heterocycles. The van der Waals surface area contributed by atoms with E-state index in [1.807, 2.05) is 6.92 Å². The second-order valence-electron chi connectivity index (χ2n) is 5.41. The van der Waals surface area contributed by atoms with Crippen LogP contribution < -0.4 is 19.5 Å². The summed E-state index contributed by atoms with van der Waals surface area (Å²) in [6, 6.07) is 13.0. The predicted octanol–water partition coefficient (Wildman–Crippen LogP) is 2.40. The molecule has 2 N–H and O–H groups in total. The number of carbonyl (C=O) groups excluding carboxylic acids is 1. The zero-order valence-electron chi connectivity index (χ0n) is 14.7. The van der Waals surface area contributed by atoms with Gasteiger partial charge in [-0.05, 0) is 42.8 Å². The number of ether oxygens (including phenoxy) is 2. The van der Waals surface area contributed by atoms with Crippen molar-refractivity contribution >= 4 is 21.6 Å². The summed E-state index contributed by atoms with van der Waals surface area (Å²) < 4.78 is 37.1. The number of sulfonamides is 1. The van der Waals surface area contributed by atoms with E-state index in [1.54, 1.807) is 24.3 Å². The number of benzene rings is 2. The van der Waals surface area contributed by atoms with Gasteiger partial charge in [0.15, 0.2) is 18.1 Å². The van der Waals surface area contributed by atoms with Crippen LogP contribution in [0.4, 0.5) is 5.69 Å². The first-order valence-electron chi connectivity index (χ1n) is 8.11. The predicted molar refractivity (Wildman–Crippen MR) is 99.0 cm³/mol. The number of hydrogen-bond acceptors (Lipinski definition) is 5. The molecule has 0 aliphatic heterocycles. The van der Waals surface area contributed by atoms with E-state index < -0.39 is 10.0 Å². The molecular weight excluding hydrogens is 356 g/mol. The van der Waals surface area contributed by atoms with E-state index in [2.05, 4.69) is 10.0 Å². The van der Waals surface area contributed by atoms with Crippen LogP contribution >= 0.6 is 0 Å². The molecule has 0 saturated heterocycles. The van der Waals surface area contributed by atoms with E-state index in [-0.39, 0.29) is 17.4 Å². The topological polar surface area (TPSA) is 93.7 Å². The Morgan fingerprint density at radius 2 is 1.69 bits per heavy atom. The van der Waals surface area contributed by atoms with Gasteiger partial charge in [-0.1, -0.05) is 19.1 Å². The van der Waals surface area contributed by atoms with Crippen molar-refractivity contribution in [2.24, 2.45) is 0 Å². The molecule has 0 aliphatic rings. The molecule has 8 heteroatoms. The summed E-state index contributed by atoms with van der Waals surface area (Å²) in [5.41, 5.74) is 0.480. The fraction of sp³-hybridized carbons (Fsp3) is 0.278. The van der Waals surface area contributed by atoms with Crippen molar-refractivity contribution in [3.63, 3.8) is 0 Å². The summed E-state index contributed by atoms with van der Waals surface area (Å²) in [4.78, 5) is 12.1. The van der Waals surface area contributed by atoms with Crippen LogP contribution in [0.3, 0.4) is 0 Å². The molecule has 0 saturated carbocycles. The highest BCUT2D eigenvalue weighted by Gasteiger charge is 2.13. The quantitative estimate of drug-likeness (QED) is 0.699. The van der Waals surface area contributed by atoms with Crippen molar-refractivity contribution in [3.05, 3.63) is 48.5 Å². The molecular formula is C18H22N2O5S. The lowest BCUT2D eigenvalue weighted by Gasteiger charge is -2.11. The summed E-state index contributed by atoms with van der Waals surface area (Å²) in [7, 11) is -2.00. The number of nitrogens with one attached hydrogen (secondary N) is 2. The second kappa shape index (κ2) is 9.21. The van der Waals surface area contributed by atoms with Crippen molar-refractivity contribution < 1.29 is 22.7 Å². The standard InChI is InChI=1S/C18H22N2O5S/c1-3-12-19-26(22,23)15-10-8-14(9-11-15)20-18(21)13-25-17-7-5-4-6-16(17)24-2/h4-11,19H,3,12-13H2,1-2H3,(H,20,21). The molecule has 0 bridgehead atoms. The smallest absolute Gasteiger partial charge is 0.262 e. The summed E-state index contributed by atoms with van der Waals surface area (Å²) in [6.45, 7) is 2.06. The number of amides is 1. The van der Waals surface area contributed by atoms with E-state index >= 15 is 0 Å². The van der Waals surface area contributed by atoms with Gasteiger partial charge in [-0.25, -0.2) is 13.1 Å². The number of hydrogen-bond donors (Lipinski definition) is 2. The van der Waals surface area contributed by atoms with Crippen LogP contribution in [0.1, 0.15) is 13.3 Å². The lowest BCUT2D eigenvalue weighted by molar-refractivity contribution is -0.118. The van der Waals surface area contributed by atoms with Crippen molar-refractivity contribution in [2.45, 2.75) is 18.2 Å². The molecule has 2 aromatic rings. The summed E-state index contributed by atoms with van der Waals surface area (Å²) in [6.07, 6.45) is 0.708. The van der Waals surface area contributed by atoms with Crippen LogP contribution in [-0.4, -0.2) is 34.6 Å². The van der Waals surface area contributed by atoms with Gasteiger partial charge in [0, 0.05) is 12.2 Å². The molecule has 26 heavy (non-hydrogen) atoms. The molecule has 7 nitrogen and oxygen atoms in total. The number of carbonyl (C=O) groups is 1. The van der Waals surface area contributed by atoms with Crippen LogP contribution in [0, 0.1) is 0 Å². The molecule has 1 amide bonds. The SMILES string of the molecule is CCCNS(=O)(=O)c1ccc(NC(=O)COc2ccccc2OC)cc1. The van der Waals surface area contributed by atoms with Crippen molar-refractivity contribution in [1.29, 1.82) is 0 Å². The Kier molecular flexibility index (Phi) is 6.99. The van der Waals surface area contributed by atoms with Crippen molar-refractivity contribution in [3.8, 4) is 11.5 Å². The molecule has 2 aromatic carbocycles. The zero-order valence-corrected chi connectivity index (χ0v) is 15.5. The van der Waals surface area contributed by atoms with Gasteiger partial charge in [-0.2, -0.15) is 0 Å². The van der Waals surface area contributed by atoms with Gasteiger partial charge in [0.05, 0.1) is 12.0 Å². The first kappa shape index (κ1) is 19.7. The third-order valence-corrected chi connectivity index (χ3v) is 4.90. The molecule has 2 rings (SSSR count). The maximum absolute atomic E-state index is 12.0. The Morgan fingerprint density at radius 1 is 1.04 bits per heavy atom. The zero-order chi connectivity index (χ0) is 19.0. The van der Waals surface area contributed by atoms with E-state index in [9.17, 15) is 13.2 Å². The number of methoxy groups -OCH3 is 1. The van der Waals surface area contributed by atoms with Crippen LogP contribution in [0.2, 0.25) is 0 Å². The minimum absolute atomic E-state index is 0.147. The van der Waals surface area contributed by atoms with Gasteiger partial charge >= 0.3 is 0 Å². The first-order chi connectivity index (χ1) is 12.5. The fourth-order valence-corrected chi connectivity index (χ4v) is 3.25. The minimum Gasteiger partial charge on any atom is -0.493 e. The Labute approximate surface area is 153 Å². The van der Waals surface area contributed by atoms with E-state index in [0.717, 1.165) is 0 Å². The van der Waals surface area contributed by atoms with E-state index in [4.69, 9.17) is 9.47 Å². The molecule has 0 radical (unpaired) electrons. The lowest BCUT2D eigenvalue weighted by atomic mass is 10.3. The summed E-state index contributed by atoms with van der Waals surface area (Å²) in [5, 5.41) is 2.65. The Balaban J connectivity index is 1.93. The molecule has 0 atom stereocenters. The number of anilines is 1. The monoisotopic (exact) mass is 378 g/mol. The average molecular weight is 378 g/mol. The van der Waals surface area contributed by atoms with Crippen molar-refractivity contribution in [1.82, 2.24) is 4.72 Å². The Hall–Kier alpha value is -2.58. The largest absolute Gasteiger partial charge is 0.493 e. The third kappa shape index (κ3) is 5.47. The maximum Gasteiger partial charge on any atom is 0.262 e. The lowest BCUT2D eigenvalue weighted by Crippen LogP contribution is -2.24. The summed E-state index contributed by atoms with van der Waals surface area (Å²) in [5.74, 6) is 0.638. The van der Waals surface area contributed by atoms with Gasteiger partial charge in [0.1, 0.15) is 0 Å². The van der Waals surface area contributed by atoms with Crippen LogP contribution in [0.5, 0.6) is 11.5 Å². The van der Waals surface area contributed by atoms with E-state index in [1.165, 1.54) is 31.4 Å². The van der Waals surface area contributed by atoms with Gasteiger partial charge < -0.3 is 14.8 Å². The van der Waals surface area contributed by atoms with Crippen LogP contribution in [0.15, 0.2) is 53.4 Å². The number of para-hydroxylation sites is 2. The second-order valence-corrected chi connectivity index (χ2v) is 7.18.